The zero-order chi connectivity index (χ0) is 17.2. The molecule has 0 aliphatic carbocycles. The van der Waals surface area contributed by atoms with Gasteiger partial charge in [0.1, 0.15) is 5.82 Å². The fourth-order valence-electron chi connectivity index (χ4n) is 2.16. The summed E-state index contributed by atoms with van der Waals surface area (Å²) in [5.74, 6) is -1.06. The topological polar surface area (TPSA) is 49.9 Å². The van der Waals surface area contributed by atoms with E-state index in [1.54, 1.807) is 17.9 Å². The van der Waals surface area contributed by atoms with Crippen LogP contribution in [0.25, 0.3) is 0 Å². The molecule has 0 fully saturated rings. The highest BCUT2D eigenvalue weighted by molar-refractivity contribution is 5.94. The predicted octanol–water partition coefficient (Wildman–Crippen LogP) is 2.17. The number of halogens is 1. The summed E-state index contributed by atoms with van der Waals surface area (Å²) in [6, 6.07) is 5.60. The third-order valence-electron chi connectivity index (χ3n) is 3.28. The number of esters is 1. The Kier molecular flexibility index (Phi) is 8.26. The maximum atomic E-state index is 13.3. The van der Waals surface area contributed by atoms with Crippen molar-refractivity contribution in [3.05, 3.63) is 35.6 Å². The fourth-order valence-corrected chi connectivity index (χ4v) is 2.16. The van der Waals surface area contributed by atoms with Crippen LogP contribution in [0.2, 0.25) is 0 Å². The van der Waals surface area contributed by atoms with Crippen LogP contribution in [-0.2, 0) is 9.53 Å². The van der Waals surface area contributed by atoms with Crippen molar-refractivity contribution in [2.24, 2.45) is 0 Å². The van der Waals surface area contributed by atoms with Gasteiger partial charge < -0.3 is 14.5 Å². The third-order valence-corrected chi connectivity index (χ3v) is 3.28. The third kappa shape index (κ3) is 7.23. The van der Waals surface area contributed by atoms with Gasteiger partial charge in [-0.15, -0.1) is 0 Å². The Morgan fingerprint density at radius 3 is 2.52 bits per heavy atom. The SMILES string of the molecule is CCOC(=O)CCN(CCCN(C)C)C(=O)c1cccc(F)c1. The van der Waals surface area contributed by atoms with Crippen molar-refractivity contribution in [2.75, 3.05) is 40.3 Å². The summed E-state index contributed by atoms with van der Waals surface area (Å²) in [5.41, 5.74) is 0.290. The lowest BCUT2D eigenvalue weighted by Gasteiger charge is -2.23. The van der Waals surface area contributed by atoms with Crippen molar-refractivity contribution in [3.63, 3.8) is 0 Å². The molecule has 0 atom stereocenters. The minimum atomic E-state index is -0.450. The first-order valence-corrected chi connectivity index (χ1v) is 7.79. The van der Waals surface area contributed by atoms with Crippen LogP contribution in [0.1, 0.15) is 30.1 Å². The Hall–Kier alpha value is -1.95. The molecule has 23 heavy (non-hydrogen) atoms. The monoisotopic (exact) mass is 324 g/mol. The number of carbonyl (C=O) groups excluding carboxylic acids is 2. The minimum absolute atomic E-state index is 0.136. The molecule has 1 aromatic carbocycles. The van der Waals surface area contributed by atoms with E-state index in [1.807, 2.05) is 19.0 Å². The van der Waals surface area contributed by atoms with Crippen molar-refractivity contribution >= 4 is 11.9 Å². The molecule has 0 saturated carbocycles. The highest BCUT2D eigenvalue weighted by atomic mass is 19.1. The zero-order valence-electron chi connectivity index (χ0n) is 14.0. The van der Waals surface area contributed by atoms with Gasteiger partial charge in [0.25, 0.3) is 5.91 Å². The average molecular weight is 324 g/mol. The molecule has 0 radical (unpaired) electrons. The molecule has 0 aliphatic rings. The smallest absolute Gasteiger partial charge is 0.307 e. The lowest BCUT2D eigenvalue weighted by molar-refractivity contribution is -0.143. The Balaban J connectivity index is 2.72. The Morgan fingerprint density at radius 1 is 1.17 bits per heavy atom. The number of carbonyl (C=O) groups is 2. The molecule has 0 spiro atoms. The van der Waals surface area contributed by atoms with Gasteiger partial charge in [-0.25, -0.2) is 4.39 Å². The molecular formula is C17H25FN2O3. The molecule has 0 bridgehead atoms. The van der Waals surface area contributed by atoms with Crippen LogP contribution in [0.5, 0.6) is 0 Å². The van der Waals surface area contributed by atoms with Crippen molar-refractivity contribution < 1.29 is 18.7 Å². The molecule has 6 heteroatoms. The molecule has 0 saturated heterocycles. The lowest BCUT2D eigenvalue weighted by Crippen LogP contribution is -2.35. The molecular weight excluding hydrogens is 299 g/mol. The van der Waals surface area contributed by atoms with E-state index in [0.29, 0.717) is 18.7 Å². The quantitative estimate of drug-likeness (QED) is 0.653. The molecule has 0 heterocycles. The highest BCUT2D eigenvalue weighted by Gasteiger charge is 2.17. The van der Waals surface area contributed by atoms with E-state index in [0.717, 1.165) is 13.0 Å². The summed E-state index contributed by atoms with van der Waals surface area (Å²) in [7, 11) is 3.91. The molecule has 0 aromatic heterocycles. The Morgan fingerprint density at radius 2 is 1.91 bits per heavy atom. The molecule has 0 unspecified atom stereocenters. The first-order chi connectivity index (χ1) is 10.9. The normalized spacial score (nSPS) is 10.7. The maximum Gasteiger partial charge on any atom is 0.307 e. The second-order valence-electron chi connectivity index (χ2n) is 5.51. The largest absolute Gasteiger partial charge is 0.466 e. The van der Waals surface area contributed by atoms with Crippen LogP contribution in [0.3, 0.4) is 0 Å². The number of hydrogen-bond donors (Lipinski definition) is 0. The van der Waals surface area contributed by atoms with E-state index in [1.165, 1.54) is 18.2 Å². The molecule has 128 valence electrons. The maximum absolute atomic E-state index is 13.3. The van der Waals surface area contributed by atoms with Crippen LogP contribution < -0.4 is 0 Å². The number of hydrogen-bond acceptors (Lipinski definition) is 4. The van der Waals surface area contributed by atoms with Crippen LogP contribution in [0.15, 0.2) is 24.3 Å². The van der Waals surface area contributed by atoms with Gasteiger partial charge in [-0.2, -0.15) is 0 Å². The summed E-state index contributed by atoms with van der Waals surface area (Å²) in [5, 5.41) is 0. The second kappa shape index (κ2) is 9.94. The first kappa shape index (κ1) is 19.1. The van der Waals surface area contributed by atoms with Crippen LogP contribution >= 0.6 is 0 Å². The van der Waals surface area contributed by atoms with Gasteiger partial charge in [-0.3, -0.25) is 9.59 Å². The molecule has 1 rings (SSSR count). The van der Waals surface area contributed by atoms with E-state index < -0.39 is 5.82 Å². The summed E-state index contributed by atoms with van der Waals surface area (Å²) in [4.78, 5) is 27.7. The number of ether oxygens (including phenoxy) is 1. The number of rotatable bonds is 9. The van der Waals surface area contributed by atoms with E-state index >= 15 is 0 Å². The van der Waals surface area contributed by atoms with Gasteiger partial charge in [0.05, 0.1) is 13.0 Å². The molecule has 0 N–H and O–H groups in total. The van der Waals surface area contributed by atoms with E-state index in [-0.39, 0.29) is 24.8 Å². The number of amides is 1. The molecule has 1 aromatic rings. The van der Waals surface area contributed by atoms with Crippen LogP contribution in [0, 0.1) is 5.82 Å². The van der Waals surface area contributed by atoms with Crippen molar-refractivity contribution in [1.82, 2.24) is 9.80 Å². The number of nitrogens with zero attached hydrogens (tertiary/aromatic N) is 2. The molecule has 5 nitrogen and oxygen atoms in total. The highest BCUT2D eigenvalue weighted by Crippen LogP contribution is 2.09. The second-order valence-corrected chi connectivity index (χ2v) is 5.51. The number of benzene rings is 1. The van der Waals surface area contributed by atoms with E-state index in [2.05, 4.69) is 0 Å². The Labute approximate surface area is 137 Å². The Bertz CT molecular complexity index is 520. The molecule has 1 amide bonds. The minimum Gasteiger partial charge on any atom is -0.466 e. The summed E-state index contributed by atoms with van der Waals surface area (Å²) < 4.78 is 18.2. The summed E-state index contributed by atoms with van der Waals surface area (Å²) >= 11 is 0. The van der Waals surface area contributed by atoms with Crippen molar-refractivity contribution in [3.8, 4) is 0 Å². The van der Waals surface area contributed by atoms with Gasteiger partial charge in [-0.1, -0.05) is 6.07 Å². The van der Waals surface area contributed by atoms with Gasteiger partial charge >= 0.3 is 5.97 Å². The van der Waals surface area contributed by atoms with Crippen molar-refractivity contribution in [1.29, 1.82) is 0 Å². The van der Waals surface area contributed by atoms with Gasteiger partial charge in [0.2, 0.25) is 0 Å². The summed E-state index contributed by atoms with van der Waals surface area (Å²) in [6.07, 6.45) is 0.910. The van der Waals surface area contributed by atoms with Crippen molar-refractivity contribution in [2.45, 2.75) is 19.8 Å². The van der Waals surface area contributed by atoms with E-state index in [9.17, 15) is 14.0 Å². The predicted molar refractivity (Wildman–Crippen MR) is 86.7 cm³/mol. The van der Waals surface area contributed by atoms with Crippen LogP contribution in [0.4, 0.5) is 4.39 Å². The fraction of sp³-hybridized carbons (Fsp3) is 0.529. The zero-order valence-corrected chi connectivity index (χ0v) is 14.0. The van der Waals surface area contributed by atoms with Gasteiger partial charge in [-0.05, 0) is 52.2 Å². The van der Waals surface area contributed by atoms with E-state index in [4.69, 9.17) is 4.74 Å². The lowest BCUT2D eigenvalue weighted by atomic mass is 10.2. The van der Waals surface area contributed by atoms with Crippen LogP contribution in [-0.4, -0.2) is 62.0 Å². The van der Waals surface area contributed by atoms with Gasteiger partial charge in [0.15, 0.2) is 0 Å². The van der Waals surface area contributed by atoms with Gasteiger partial charge in [0, 0.05) is 18.7 Å². The first-order valence-electron chi connectivity index (χ1n) is 7.79. The average Bonchev–Trinajstić information content (AvgIpc) is 2.50. The standard InChI is InChI=1S/C17H25FN2O3/c1-4-23-16(21)9-12-20(11-6-10-19(2)3)17(22)14-7-5-8-15(18)13-14/h5,7-8,13H,4,6,9-12H2,1-3H3. The molecule has 0 aliphatic heterocycles. The summed E-state index contributed by atoms with van der Waals surface area (Å²) in [6.45, 7) is 3.66.